The van der Waals surface area contributed by atoms with Crippen molar-refractivity contribution in [3.8, 4) is 5.75 Å². The van der Waals surface area contributed by atoms with Crippen molar-refractivity contribution in [1.29, 1.82) is 0 Å². The highest BCUT2D eigenvalue weighted by molar-refractivity contribution is 5.34. The van der Waals surface area contributed by atoms with Gasteiger partial charge in [0.15, 0.2) is 0 Å². The molecule has 0 aliphatic carbocycles. The molecule has 0 aliphatic heterocycles. The Morgan fingerprint density at radius 3 is 2.76 bits per heavy atom. The van der Waals surface area contributed by atoms with E-state index in [-0.39, 0.29) is 12.1 Å². The van der Waals surface area contributed by atoms with E-state index in [9.17, 15) is 0 Å². The van der Waals surface area contributed by atoms with Crippen LogP contribution in [0.1, 0.15) is 44.5 Å². The molecule has 0 aliphatic rings. The van der Waals surface area contributed by atoms with Gasteiger partial charge < -0.3 is 10.1 Å². The highest BCUT2D eigenvalue weighted by atomic mass is 16.5. The molecule has 21 heavy (non-hydrogen) atoms. The first-order chi connectivity index (χ1) is 10.2. The van der Waals surface area contributed by atoms with Crippen LogP contribution in [-0.2, 0) is 0 Å². The van der Waals surface area contributed by atoms with Gasteiger partial charge in [0, 0.05) is 6.20 Å². The quantitative estimate of drug-likeness (QED) is 0.847. The summed E-state index contributed by atoms with van der Waals surface area (Å²) in [4.78, 5) is 8.38. The van der Waals surface area contributed by atoms with Gasteiger partial charge in [0.2, 0.25) is 0 Å². The molecule has 1 aromatic heterocycles. The van der Waals surface area contributed by atoms with Gasteiger partial charge in [0.25, 0.3) is 0 Å². The Morgan fingerprint density at radius 2 is 2.10 bits per heavy atom. The predicted octanol–water partition coefficient (Wildman–Crippen LogP) is 3.35. The van der Waals surface area contributed by atoms with Crippen molar-refractivity contribution in [2.75, 3.05) is 6.54 Å². The highest BCUT2D eigenvalue weighted by Crippen LogP contribution is 2.24. The number of aromatic nitrogens is 2. The van der Waals surface area contributed by atoms with E-state index in [0.717, 1.165) is 30.0 Å². The van der Waals surface area contributed by atoms with Crippen LogP contribution in [0.3, 0.4) is 0 Å². The first-order valence-electron chi connectivity index (χ1n) is 7.46. The van der Waals surface area contributed by atoms with Crippen LogP contribution in [0, 0.1) is 0 Å². The summed E-state index contributed by atoms with van der Waals surface area (Å²) in [5.74, 6) is 0.889. The van der Waals surface area contributed by atoms with Crippen molar-refractivity contribution in [3.05, 3.63) is 54.1 Å². The molecule has 1 unspecified atom stereocenters. The molecule has 0 bridgehead atoms. The van der Waals surface area contributed by atoms with Gasteiger partial charge in [-0.1, -0.05) is 19.1 Å². The van der Waals surface area contributed by atoms with Gasteiger partial charge in [-0.3, -0.25) is 0 Å². The second-order valence-corrected chi connectivity index (χ2v) is 5.26. The molecule has 112 valence electrons. The molecule has 1 atom stereocenters. The number of ether oxygens (including phenoxy) is 1. The first kappa shape index (κ1) is 15.4. The van der Waals surface area contributed by atoms with Gasteiger partial charge in [-0.25, -0.2) is 9.97 Å². The lowest BCUT2D eigenvalue weighted by molar-refractivity contribution is 0.242. The third-order valence-corrected chi connectivity index (χ3v) is 3.06. The van der Waals surface area contributed by atoms with Crippen LogP contribution in [-0.4, -0.2) is 22.6 Å². The minimum Gasteiger partial charge on any atom is -0.491 e. The maximum Gasteiger partial charge on any atom is 0.120 e. The average molecular weight is 285 g/mol. The summed E-state index contributed by atoms with van der Waals surface area (Å²) in [6.07, 6.45) is 4.60. The summed E-state index contributed by atoms with van der Waals surface area (Å²) in [6, 6.07) is 10.2. The van der Waals surface area contributed by atoms with E-state index < -0.39 is 0 Å². The summed E-state index contributed by atoms with van der Waals surface area (Å²) >= 11 is 0. The van der Waals surface area contributed by atoms with Crippen LogP contribution in [0.2, 0.25) is 0 Å². The molecule has 2 aromatic rings. The molecular weight excluding hydrogens is 262 g/mol. The summed E-state index contributed by atoms with van der Waals surface area (Å²) in [7, 11) is 0. The summed E-state index contributed by atoms with van der Waals surface area (Å²) in [5, 5.41) is 3.54. The molecule has 0 spiro atoms. The summed E-state index contributed by atoms with van der Waals surface area (Å²) in [6.45, 7) is 7.15. The molecule has 0 saturated heterocycles. The molecule has 0 saturated carbocycles. The van der Waals surface area contributed by atoms with Crippen LogP contribution in [0.5, 0.6) is 5.75 Å². The van der Waals surface area contributed by atoms with Crippen molar-refractivity contribution in [2.45, 2.75) is 39.3 Å². The van der Waals surface area contributed by atoms with Gasteiger partial charge in [0.1, 0.15) is 12.1 Å². The van der Waals surface area contributed by atoms with Crippen molar-refractivity contribution in [1.82, 2.24) is 15.3 Å². The Hall–Kier alpha value is -1.94. The lowest BCUT2D eigenvalue weighted by atomic mass is 10.0. The third kappa shape index (κ3) is 4.53. The van der Waals surface area contributed by atoms with E-state index >= 15 is 0 Å². The standard InChI is InChI=1S/C17H23N3O/c1-4-9-19-17(16-8-10-18-12-20-16)14-6-5-7-15(11-14)21-13(2)3/h5-8,10-13,17,19H,4,9H2,1-3H3. The van der Waals surface area contributed by atoms with Crippen molar-refractivity contribution in [2.24, 2.45) is 0 Å². The number of hydrogen-bond acceptors (Lipinski definition) is 4. The minimum absolute atomic E-state index is 0.0589. The summed E-state index contributed by atoms with van der Waals surface area (Å²) in [5.41, 5.74) is 2.13. The largest absolute Gasteiger partial charge is 0.491 e. The zero-order valence-corrected chi connectivity index (χ0v) is 12.9. The Kier molecular flexibility index (Phi) is 5.69. The number of hydrogen-bond donors (Lipinski definition) is 1. The summed E-state index contributed by atoms with van der Waals surface area (Å²) < 4.78 is 5.78. The molecular formula is C17H23N3O. The molecule has 4 heteroatoms. The SMILES string of the molecule is CCCNC(c1cccc(OC(C)C)c1)c1ccncn1. The Morgan fingerprint density at radius 1 is 1.24 bits per heavy atom. The van der Waals surface area contributed by atoms with Crippen molar-refractivity contribution in [3.63, 3.8) is 0 Å². The van der Waals surface area contributed by atoms with Gasteiger partial charge in [-0.05, 0) is 50.6 Å². The number of nitrogens with one attached hydrogen (secondary N) is 1. The van der Waals surface area contributed by atoms with Crippen LogP contribution < -0.4 is 10.1 Å². The number of benzene rings is 1. The number of rotatable bonds is 7. The molecule has 4 nitrogen and oxygen atoms in total. The fourth-order valence-corrected chi connectivity index (χ4v) is 2.19. The first-order valence-corrected chi connectivity index (χ1v) is 7.46. The highest BCUT2D eigenvalue weighted by Gasteiger charge is 2.15. The molecule has 0 radical (unpaired) electrons. The van der Waals surface area contributed by atoms with Gasteiger partial charge >= 0.3 is 0 Å². The Labute approximate surface area is 126 Å². The predicted molar refractivity (Wildman–Crippen MR) is 84.4 cm³/mol. The van der Waals surface area contributed by atoms with E-state index in [1.807, 2.05) is 32.0 Å². The molecule has 1 heterocycles. The second kappa shape index (κ2) is 7.74. The van der Waals surface area contributed by atoms with E-state index in [1.54, 1.807) is 12.5 Å². The van der Waals surface area contributed by atoms with Crippen molar-refractivity contribution < 1.29 is 4.74 Å². The lowest BCUT2D eigenvalue weighted by Gasteiger charge is -2.19. The van der Waals surface area contributed by atoms with Crippen LogP contribution in [0.25, 0.3) is 0 Å². The zero-order chi connectivity index (χ0) is 15.1. The van der Waals surface area contributed by atoms with E-state index in [0.29, 0.717) is 0 Å². The topological polar surface area (TPSA) is 47.0 Å². The molecule has 1 aromatic carbocycles. The minimum atomic E-state index is 0.0589. The zero-order valence-electron chi connectivity index (χ0n) is 12.9. The maximum atomic E-state index is 5.78. The van der Waals surface area contributed by atoms with E-state index in [1.165, 1.54) is 0 Å². The van der Waals surface area contributed by atoms with Gasteiger partial charge in [-0.15, -0.1) is 0 Å². The Bertz CT molecular complexity index is 543. The lowest BCUT2D eigenvalue weighted by Crippen LogP contribution is -2.24. The maximum absolute atomic E-state index is 5.78. The van der Waals surface area contributed by atoms with Crippen molar-refractivity contribution >= 4 is 0 Å². The monoisotopic (exact) mass is 285 g/mol. The van der Waals surface area contributed by atoms with Gasteiger partial charge in [-0.2, -0.15) is 0 Å². The smallest absolute Gasteiger partial charge is 0.120 e. The number of nitrogens with zero attached hydrogens (tertiary/aromatic N) is 2. The molecule has 1 N–H and O–H groups in total. The van der Waals surface area contributed by atoms with Gasteiger partial charge in [0.05, 0.1) is 17.8 Å². The second-order valence-electron chi connectivity index (χ2n) is 5.26. The molecule has 2 rings (SSSR count). The fraction of sp³-hybridized carbons (Fsp3) is 0.412. The normalized spacial score (nSPS) is 12.4. The van der Waals surface area contributed by atoms with Crippen LogP contribution in [0.4, 0.5) is 0 Å². The van der Waals surface area contributed by atoms with E-state index in [2.05, 4.69) is 34.3 Å². The van der Waals surface area contributed by atoms with Crippen LogP contribution in [0.15, 0.2) is 42.9 Å². The van der Waals surface area contributed by atoms with Crippen LogP contribution >= 0.6 is 0 Å². The fourth-order valence-electron chi connectivity index (χ4n) is 2.19. The molecule has 0 fully saturated rings. The molecule has 0 amide bonds. The third-order valence-electron chi connectivity index (χ3n) is 3.06. The average Bonchev–Trinajstić information content (AvgIpc) is 2.48. The van der Waals surface area contributed by atoms with E-state index in [4.69, 9.17) is 4.74 Å². The Balaban J connectivity index is 2.28.